The van der Waals surface area contributed by atoms with E-state index in [1.165, 1.54) is 0 Å². The van der Waals surface area contributed by atoms with Crippen LogP contribution in [-0.4, -0.2) is 61.5 Å². The van der Waals surface area contributed by atoms with Crippen LogP contribution < -0.4 is 9.47 Å². The number of hydrogen-bond acceptors (Lipinski definition) is 4. The Morgan fingerprint density at radius 2 is 1.96 bits per heavy atom. The number of rotatable bonds is 1. The molecule has 2 aliphatic rings. The first-order chi connectivity index (χ1) is 10.9. The van der Waals surface area contributed by atoms with Crippen LogP contribution in [0.4, 0.5) is 0 Å². The zero-order chi connectivity index (χ0) is 16.6. The Hall–Kier alpha value is -2.24. The molecule has 0 bridgehead atoms. The Kier molecular flexibility index (Phi) is 3.92. The fourth-order valence-corrected chi connectivity index (χ4v) is 3.27. The van der Waals surface area contributed by atoms with Crippen molar-refractivity contribution in [3.63, 3.8) is 0 Å². The summed E-state index contributed by atoms with van der Waals surface area (Å²) < 4.78 is 11.5. The summed E-state index contributed by atoms with van der Waals surface area (Å²) in [4.78, 5) is 28.1. The quantitative estimate of drug-likeness (QED) is 0.788. The van der Waals surface area contributed by atoms with Gasteiger partial charge < -0.3 is 19.3 Å². The van der Waals surface area contributed by atoms with Crippen molar-refractivity contribution < 1.29 is 19.1 Å². The molecule has 0 radical (unpaired) electrons. The summed E-state index contributed by atoms with van der Waals surface area (Å²) in [6.45, 7) is 1.11. The molecule has 0 saturated carbocycles. The maximum Gasteiger partial charge on any atom is 0.257 e. The molecule has 23 heavy (non-hydrogen) atoms. The van der Waals surface area contributed by atoms with Crippen molar-refractivity contribution in [1.29, 1.82) is 0 Å². The van der Waals surface area contributed by atoms with Crippen LogP contribution in [0.5, 0.6) is 11.5 Å². The van der Waals surface area contributed by atoms with E-state index in [4.69, 9.17) is 9.47 Å². The second-order valence-corrected chi connectivity index (χ2v) is 6.37. The van der Waals surface area contributed by atoms with E-state index in [9.17, 15) is 9.59 Å². The van der Waals surface area contributed by atoms with Crippen molar-refractivity contribution in [2.45, 2.75) is 24.9 Å². The van der Waals surface area contributed by atoms with Gasteiger partial charge in [-0.1, -0.05) is 0 Å². The lowest BCUT2D eigenvalue weighted by Crippen LogP contribution is -2.46. The molecule has 6 heteroatoms. The fourth-order valence-electron chi connectivity index (χ4n) is 3.27. The van der Waals surface area contributed by atoms with Gasteiger partial charge in [-0.2, -0.15) is 0 Å². The van der Waals surface area contributed by atoms with E-state index in [1.807, 2.05) is 7.05 Å². The van der Waals surface area contributed by atoms with Gasteiger partial charge in [0.25, 0.3) is 5.91 Å². The van der Waals surface area contributed by atoms with Crippen LogP contribution in [0.1, 0.15) is 29.6 Å². The first kappa shape index (κ1) is 15.6. The molecule has 0 aromatic heterocycles. The Morgan fingerprint density at radius 1 is 1.17 bits per heavy atom. The number of benzene rings is 1. The van der Waals surface area contributed by atoms with Crippen molar-refractivity contribution in [1.82, 2.24) is 9.80 Å². The fraction of sp³-hybridized carbons (Fsp3) is 0.529. The van der Waals surface area contributed by atoms with Gasteiger partial charge in [-0.05, 0) is 24.6 Å². The lowest BCUT2D eigenvalue weighted by molar-refractivity contribution is -0.129. The molecule has 1 atom stereocenters. The van der Waals surface area contributed by atoms with Crippen LogP contribution in [-0.2, 0) is 4.79 Å². The maximum atomic E-state index is 12.7. The van der Waals surface area contributed by atoms with Crippen molar-refractivity contribution in [3.05, 3.63) is 23.8 Å². The van der Waals surface area contributed by atoms with Gasteiger partial charge in [0.2, 0.25) is 5.91 Å². The number of carbonyl (C=O) groups is 2. The number of fused-ring (bicyclic) bond motifs is 1. The molecule has 2 amide bonds. The number of likely N-dealkylation sites (N-methyl/N-ethyl adjacent to an activating group) is 1. The minimum atomic E-state index is -0.523. The molecule has 1 fully saturated rings. The Labute approximate surface area is 136 Å². The minimum absolute atomic E-state index is 0.0836. The van der Waals surface area contributed by atoms with Gasteiger partial charge in [0.1, 0.15) is 17.1 Å². The Balaban J connectivity index is 1.99. The number of nitrogens with zero attached hydrogens (tertiary/aromatic N) is 2. The molecule has 0 N–H and O–H groups in total. The average molecular weight is 318 g/mol. The molecule has 1 spiro atoms. The smallest absolute Gasteiger partial charge is 0.257 e. The highest BCUT2D eigenvalue weighted by atomic mass is 16.5. The lowest BCUT2D eigenvalue weighted by Gasteiger charge is -2.34. The molecule has 1 unspecified atom stereocenters. The number of likely N-dealkylation sites (tertiary alicyclic amines) is 1. The zero-order valence-electron chi connectivity index (χ0n) is 13.8. The van der Waals surface area contributed by atoms with E-state index in [0.29, 0.717) is 49.4 Å². The van der Waals surface area contributed by atoms with Gasteiger partial charge in [0.15, 0.2) is 0 Å². The average Bonchev–Trinajstić information content (AvgIpc) is 2.75. The predicted octanol–water partition coefficient (Wildman–Crippen LogP) is 1.54. The monoisotopic (exact) mass is 318 g/mol. The topological polar surface area (TPSA) is 59.1 Å². The van der Waals surface area contributed by atoms with Crippen molar-refractivity contribution in [2.75, 3.05) is 34.3 Å². The second kappa shape index (κ2) is 5.76. The standard InChI is InChI=1S/C17H22N2O4/c1-18-9-8-17(7-6-15(18)20)11-19(2)16(21)13-10-12(22-3)4-5-14(13)23-17/h4-5,10H,6-9,11H2,1-3H3. The first-order valence-electron chi connectivity index (χ1n) is 7.81. The van der Waals surface area contributed by atoms with Gasteiger partial charge >= 0.3 is 0 Å². The van der Waals surface area contributed by atoms with Crippen LogP contribution in [0.2, 0.25) is 0 Å². The summed E-state index contributed by atoms with van der Waals surface area (Å²) in [5.41, 5.74) is -0.0161. The number of ether oxygens (including phenoxy) is 2. The molecule has 2 aliphatic heterocycles. The highest BCUT2D eigenvalue weighted by molar-refractivity contribution is 5.97. The summed E-state index contributed by atoms with van der Waals surface area (Å²) in [6.07, 6.45) is 1.75. The van der Waals surface area contributed by atoms with Gasteiger partial charge in [-0.15, -0.1) is 0 Å². The van der Waals surface area contributed by atoms with Crippen molar-refractivity contribution in [3.8, 4) is 11.5 Å². The summed E-state index contributed by atoms with van der Waals surface area (Å²) in [7, 11) is 5.16. The van der Waals surface area contributed by atoms with E-state index in [1.54, 1.807) is 42.2 Å². The Morgan fingerprint density at radius 3 is 2.70 bits per heavy atom. The molecule has 1 aromatic rings. The molecular weight excluding hydrogens is 296 g/mol. The normalized spacial score (nSPS) is 24.8. The van der Waals surface area contributed by atoms with Gasteiger partial charge in [0.05, 0.1) is 19.2 Å². The highest BCUT2D eigenvalue weighted by Crippen LogP contribution is 2.36. The summed E-state index contributed by atoms with van der Waals surface area (Å²) >= 11 is 0. The lowest BCUT2D eigenvalue weighted by atomic mass is 9.94. The summed E-state index contributed by atoms with van der Waals surface area (Å²) in [5.74, 6) is 1.23. The van der Waals surface area contributed by atoms with E-state index in [0.717, 1.165) is 0 Å². The minimum Gasteiger partial charge on any atom is -0.497 e. The molecule has 2 heterocycles. The van der Waals surface area contributed by atoms with Crippen LogP contribution >= 0.6 is 0 Å². The summed E-state index contributed by atoms with van der Waals surface area (Å²) in [5, 5.41) is 0. The van der Waals surface area contributed by atoms with Crippen molar-refractivity contribution in [2.24, 2.45) is 0 Å². The highest BCUT2D eigenvalue weighted by Gasteiger charge is 2.41. The zero-order valence-corrected chi connectivity index (χ0v) is 13.8. The molecule has 1 saturated heterocycles. The molecule has 0 aliphatic carbocycles. The molecule has 6 nitrogen and oxygen atoms in total. The van der Waals surface area contributed by atoms with Gasteiger partial charge in [-0.25, -0.2) is 0 Å². The van der Waals surface area contributed by atoms with Crippen LogP contribution in [0.3, 0.4) is 0 Å². The van der Waals surface area contributed by atoms with E-state index >= 15 is 0 Å². The van der Waals surface area contributed by atoms with Crippen LogP contribution in [0, 0.1) is 0 Å². The van der Waals surface area contributed by atoms with Gasteiger partial charge in [0, 0.05) is 33.5 Å². The second-order valence-electron chi connectivity index (χ2n) is 6.37. The third-order valence-electron chi connectivity index (χ3n) is 4.74. The molecule has 1 aromatic carbocycles. The van der Waals surface area contributed by atoms with Crippen molar-refractivity contribution >= 4 is 11.8 Å². The SMILES string of the molecule is COc1ccc2c(c1)C(=O)N(C)CC1(CCC(=O)N(C)CC1)O2. The predicted molar refractivity (Wildman–Crippen MR) is 84.8 cm³/mol. The molecule has 3 rings (SSSR count). The van der Waals surface area contributed by atoms with E-state index in [2.05, 4.69) is 0 Å². The van der Waals surface area contributed by atoms with Gasteiger partial charge in [-0.3, -0.25) is 9.59 Å². The Bertz CT molecular complexity index is 645. The van der Waals surface area contributed by atoms with E-state index < -0.39 is 5.60 Å². The molecule has 124 valence electrons. The number of hydrogen-bond donors (Lipinski definition) is 0. The first-order valence-corrected chi connectivity index (χ1v) is 7.81. The molecular formula is C17H22N2O4. The number of amides is 2. The maximum absolute atomic E-state index is 12.7. The number of carbonyl (C=O) groups excluding carboxylic acids is 2. The third kappa shape index (κ3) is 2.85. The third-order valence-corrected chi connectivity index (χ3v) is 4.74. The number of methoxy groups -OCH3 is 1. The van der Waals surface area contributed by atoms with Crippen LogP contribution in [0.25, 0.3) is 0 Å². The van der Waals surface area contributed by atoms with Crippen LogP contribution in [0.15, 0.2) is 18.2 Å². The van der Waals surface area contributed by atoms with E-state index in [-0.39, 0.29) is 11.8 Å². The largest absolute Gasteiger partial charge is 0.497 e. The summed E-state index contributed by atoms with van der Waals surface area (Å²) in [6, 6.07) is 5.28.